The number of hydrogen-bond donors (Lipinski definition) is 2. The number of nitrogens with zero attached hydrogens (tertiary/aromatic N) is 2. The predicted molar refractivity (Wildman–Crippen MR) is 125 cm³/mol. The third-order valence-corrected chi connectivity index (χ3v) is 5.84. The van der Waals surface area contributed by atoms with Crippen molar-refractivity contribution in [2.75, 3.05) is 25.5 Å². The smallest absolute Gasteiger partial charge is 0.409 e. The second kappa shape index (κ2) is 10.1. The molecular weight excluding hydrogens is 420 g/mol. The van der Waals surface area contributed by atoms with Gasteiger partial charge in [0, 0.05) is 24.8 Å². The second-order valence-corrected chi connectivity index (χ2v) is 7.90. The molecule has 3 amide bonds. The zero-order valence-corrected chi connectivity index (χ0v) is 18.4. The number of benzene rings is 2. The molecule has 2 heterocycles. The quantitative estimate of drug-likeness (QED) is 0.620. The first kappa shape index (κ1) is 22.3. The van der Waals surface area contributed by atoms with E-state index in [1.807, 2.05) is 36.4 Å². The number of piperidine rings is 1. The summed E-state index contributed by atoms with van der Waals surface area (Å²) >= 11 is 0. The van der Waals surface area contributed by atoms with Gasteiger partial charge in [0.25, 0.3) is 11.8 Å². The van der Waals surface area contributed by atoms with E-state index in [0.29, 0.717) is 17.8 Å². The molecule has 8 nitrogen and oxygen atoms in total. The number of methoxy groups -OCH3 is 1. The fraction of sp³-hybridized carbons (Fsp3) is 0.280. The van der Waals surface area contributed by atoms with Crippen molar-refractivity contribution in [3.8, 4) is 0 Å². The van der Waals surface area contributed by atoms with E-state index in [1.165, 1.54) is 13.3 Å². The summed E-state index contributed by atoms with van der Waals surface area (Å²) in [5.74, 6) is -0.739. The molecule has 1 aromatic heterocycles. The van der Waals surface area contributed by atoms with Crippen LogP contribution >= 0.6 is 0 Å². The molecule has 1 unspecified atom stereocenters. The highest BCUT2D eigenvalue weighted by atomic mass is 16.5. The maximum Gasteiger partial charge on any atom is 0.409 e. The van der Waals surface area contributed by atoms with Crippen LogP contribution in [0.25, 0.3) is 10.8 Å². The summed E-state index contributed by atoms with van der Waals surface area (Å²) in [4.78, 5) is 43.8. The molecule has 33 heavy (non-hydrogen) atoms. The molecule has 170 valence electrons. The van der Waals surface area contributed by atoms with Crippen LogP contribution in [0.5, 0.6) is 0 Å². The highest BCUT2D eigenvalue weighted by molar-refractivity contribution is 6.14. The van der Waals surface area contributed by atoms with E-state index in [1.54, 1.807) is 23.1 Å². The molecule has 3 aromatic rings. The standard InChI is InChI=1S/C25H26N4O4/c1-33-25(32)29-15-5-4-10-18(29)16-27-24(31)22-21(13-7-14-26-22)28-23(30)20-12-6-9-17-8-2-3-11-19(17)20/h2-3,6-9,11-14,18H,4-5,10,15-16H2,1H3,(H,27,31)(H,28,30). The molecule has 8 heteroatoms. The summed E-state index contributed by atoms with van der Waals surface area (Å²) in [6.45, 7) is 0.879. The number of rotatable bonds is 5. The molecule has 1 atom stereocenters. The molecule has 4 rings (SSSR count). The lowest BCUT2D eigenvalue weighted by molar-refractivity contribution is 0.0817. The van der Waals surface area contributed by atoms with Crippen molar-refractivity contribution in [1.82, 2.24) is 15.2 Å². The van der Waals surface area contributed by atoms with Crippen LogP contribution in [0.3, 0.4) is 0 Å². The number of aromatic nitrogens is 1. The Morgan fingerprint density at radius 1 is 1.03 bits per heavy atom. The Balaban J connectivity index is 1.48. The fourth-order valence-corrected chi connectivity index (χ4v) is 4.16. The minimum Gasteiger partial charge on any atom is -0.453 e. The van der Waals surface area contributed by atoms with Crippen molar-refractivity contribution in [1.29, 1.82) is 0 Å². The van der Waals surface area contributed by atoms with Gasteiger partial charge >= 0.3 is 6.09 Å². The van der Waals surface area contributed by atoms with Gasteiger partial charge in [-0.25, -0.2) is 9.78 Å². The highest BCUT2D eigenvalue weighted by Gasteiger charge is 2.28. The minimum atomic E-state index is -0.417. The lowest BCUT2D eigenvalue weighted by atomic mass is 10.0. The monoisotopic (exact) mass is 446 g/mol. The average Bonchev–Trinajstić information content (AvgIpc) is 2.87. The van der Waals surface area contributed by atoms with Gasteiger partial charge < -0.3 is 20.3 Å². The number of ether oxygens (including phenoxy) is 1. The molecule has 0 bridgehead atoms. The number of nitrogens with one attached hydrogen (secondary N) is 2. The number of amides is 3. The Morgan fingerprint density at radius 3 is 2.70 bits per heavy atom. The predicted octanol–water partition coefficient (Wildman–Crippen LogP) is 3.84. The van der Waals surface area contributed by atoms with Crippen LogP contribution < -0.4 is 10.6 Å². The van der Waals surface area contributed by atoms with Gasteiger partial charge in [0.05, 0.1) is 18.8 Å². The van der Waals surface area contributed by atoms with Crippen molar-refractivity contribution >= 4 is 34.4 Å². The zero-order valence-electron chi connectivity index (χ0n) is 18.4. The van der Waals surface area contributed by atoms with Gasteiger partial charge in [-0.15, -0.1) is 0 Å². The van der Waals surface area contributed by atoms with Gasteiger partial charge in [-0.3, -0.25) is 9.59 Å². The number of fused-ring (bicyclic) bond motifs is 1. The lowest BCUT2D eigenvalue weighted by Crippen LogP contribution is -2.49. The van der Waals surface area contributed by atoms with Crippen LogP contribution in [0.2, 0.25) is 0 Å². The summed E-state index contributed by atoms with van der Waals surface area (Å²) < 4.78 is 4.86. The number of anilines is 1. The molecule has 2 N–H and O–H groups in total. The molecule has 1 aliphatic rings. The highest BCUT2D eigenvalue weighted by Crippen LogP contribution is 2.21. The lowest BCUT2D eigenvalue weighted by Gasteiger charge is -2.34. The van der Waals surface area contributed by atoms with Crippen molar-refractivity contribution < 1.29 is 19.1 Å². The van der Waals surface area contributed by atoms with Crippen LogP contribution in [0.15, 0.2) is 60.8 Å². The number of pyridine rings is 1. The Labute approximate surface area is 191 Å². The molecule has 1 saturated heterocycles. The van der Waals surface area contributed by atoms with E-state index in [0.717, 1.165) is 30.0 Å². The van der Waals surface area contributed by atoms with Crippen LogP contribution in [-0.2, 0) is 4.74 Å². The maximum atomic E-state index is 13.0. The average molecular weight is 447 g/mol. The molecule has 1 fully saturated rings. The normalized spacial score (nSPS) is 15.7. The summed E-state index contributed by atoms with van der Waals surface area (Å²) in [5.41, 5.74) is 0.951. The number of carbonyl (C=O) groups excluding carboxylic acids is 3. The summed E-state index contributed by atoms with van der Waals surface area (Å²) in [6, 6.07) is 16.3. The van der Waals surface area contributed by atoms with Crippen LogP contribution in [-0.4, -0.2) is 54.0 Å². The van der Waals surface area contributed by atoms with Gasteiger partial charge in [-0.1, -0.05) is 36.4 Å². The molecular formula is C25H26N4O4. The summed E-state index contributed by atoms with van der Waals surface area (Å²) in [6.07, 6.45) is 3.77. The van der Waals surface area contributed by atoms with E-state index >= 15 is 0 Å². The molecule has 0 aliphatic carbocycles. The van der Waals surface area contributed by atoms with Crippen molar-refractivity contribution in [2.45, 2.75) is 25.3 Å². The topological polar surface area (TPSA) is 101 Å². The van der Waals surface area contributed by atoms with Gasteiger partial charge in [0.2, 0.25) is 0 Å². The first-order chi connectivity index (χ1) is 16.1. The van der Waals surface area contributed by atoms with E-state index in [2.05, 4.69) is 15.6 Å². The number of carbonyl (C=O) groups is 3. The van der Waals surface area contributed by atoms with Gasteiger partial charge in [0.15, 0.2) is 5.69 Å². The fourth-order valence-electron chi connectivity index (χ4n) is 4.16. The van der Waals surface area contributed by atoms with Crippen LogP contribution in [0.4, 0.5) is 10.5 Å². The third kappa shape index (κ3) is 4.95. The molecule has 0 saturated carbocycles. The van der Waals surface area contributed by atoms with Gasteiger partial charge in [-0.2, -0.15) is 0 Å². The maximum absolute atomic E-state index is 13.0. The van der Waals surface area contributed by atoms with E-state index in [-0.39, 0.29) is 24.2 Å². The SMILES string of the molecule is COC(=O)N1CCCCC1CNC(=O)c1ncccc1NC(=O)c1cccc2ccccc12. The molecule has 0 spiro atoms. The van der Waals surface area contributed by atoms with Crippen molar-refractivity contribution in [3.05, 3.63) is 72.1 Å². The Bertz CT molecular complexity index is 1170. The third-order valence-electron chi connectivity index (χ3n) is 5.84. The van der Waals surface area contributed by atoms with Gasteiger partial charge in [0.1, 0.15) is 0 Å². The minimum absolute atomic E-state index is 0.117. The Kier molecular flexibility index (Phi) is 6.83. The first-order valence-corrected chi connectivity index (χ1v) is 11.0. The van der Waals surface area contributed by atoms with Crippen LogP contribution in [0.1, 0.15) is 40.1 Å². The van der Waals surface area contributed by atoms with Crippen molar-refractivity contribution in [3.63, 3.8) is 0 Å². The first-order valence-electron chi connectivity index (χ1n) is 11.0. The Morgan fingerprint density at radius 2 is 1.85 bits per heavy atom. The van der Waals surface area contributed by atoms with Crippen molar-refractivity contribution in [2.24, 2.45) is 0 Å². The van der Waals surface area contributed by atoms with E-state index in [9.17, 15) is 14.4 Å². The van der Waals surface area contributed by atoms with Crippen LogP contribution in [0, 0.1) is 0 Å². The number of hydrogen-bond acceptors (Lipinski definition) is 5. The van der Waals surface area contributed by atoms with E-state index in [4.69, 9.17) is 4.74 Å². The molecule has 1 aliphatic heterocycles. The van der Waals surface area contributed by atoms with E-state index < -0.39 is 12.0 Å². The second-order valence-electron chi connectivity index (χ2n) is 7.90. The molecule has 2 aromatic carbocycles. The summed E-state index contributed by atoms with van der Waals surface area (Å²) in [5, 5.41) is 7.47. The Hall–Kier alpha value is -3.94. The number of likely N-dealkylation sites (tertiary alicyclic amines) is 1. The zero-order chi connectivity index (χ0) is 23.2. The summed E-state index contributed by atoms with van der Waals surface area (Å²) in [7, 11) is 1.35. The molecule has 0 radical (unpaired) electrons. The van der Waals surface area contributed by atoms with Gasteiger partial charge in [-0.05, 0) is 48.2 Å². The largest absolute Gasteiger partial charge is 0.453 e.